The van der Waals surface area contributed by atoms with Gasteiger partial charge in [-0.3, -0.25) is 14.5 Å². The molecule has 4 rings (SSSR count). The van der Waals surface area contributed by atoms with Gasteiger partial charge in [0.1, 0.15) is 5.75 Å². The number of rotatable bonds is 8. The van der Waals surface area contributed by atoms with Crippen LogP contribution < -0.4 is 4.74 Å². The van der Waals surface area contributed by atoms with Gasteiger partial charge in [0, 0.05) is 35.8 Å². The van der Waals surface area contributed by atoms with Crippen molar-refractivity contribution in [1.82, 2.24) is 9.47 Å². The highest BCUT2D eigenvalue weighted by Gasteiger charge is 2.34. The lowest BCUT2D eigenvalue weighted by atomic mass is 10.1. The fourth-order valence-corrected chi connectivity index (χ4v) is 4.43. The number of para-hydroxylation sites is 2. The lowest BCUT2D eigenvalue weighted by molar-refractivity contribution is -0.122. The van der Waals surface area contributed by atoms with Crippen LogP contribution in [-0.4, -0.2) is 33.8 Å². The Labute approximate surface area is 180 Å². The van der Waals surface area contributed by atoms with Gasteiger partial charge in [-0.15, -0.1) is 0 Å². The number of thioether (sulfide) groups is 1. The molecule has 0 unspecified atom stereocenters. The highest BCUT2D eigenvalue weighted by molar-refractivity contribution is 8.18. The van der Waals surface area contributed by atoms with Crippen LogP contribution in [0.25, 0.3) is 17.0 Å². The van der Waals surface area contributed by atoms with Crippen molar-refractivity contribution in [3.63, 3.8) is 0 Å². The first-order chi connectivity index (χ1) is 14.7. The van der Waals surface area contributed by atoms with Crippen LogP contribution in [0.3, 0.4) is 0 Å². The molecule has 0 bridgehead atoms. The monoisotopic (exact) mass is 420 g/mol. The van der Waals surface area contributed by atoms with Gasteiger partial charge in [-0.2, -0.15) is 0 Å². The molecule has 6 heteroatoms. The molecule has 0 spiro atoms. The van der Waals surface area contributed by atoms with Gasteiger partial charge in [-0.1, -0.05) is 43.3 Å². The SMILES string of the molecule is CCCN1C(=O)S/C(=C\c2cn(CCCOc3ccccc3)c3ccccc23)C1=O. The number of hydrogen-bond donors (Lipinski definition) is 0. The molecule has 1 aliphatic heterocycles. The molecule has 2 heterocycles. The molecule has 5 nitrogen and oxygen atoms in total. The minimum atomic E-state index is -0.194. The maximum absolute atomic E-state index is 12.6. The van der Waals surface area contributed by atoms with E-state index in [1.54, 1.807) is 0 Å². The van der Waals surface area contributed by atoms with Crippen molar-refractivity contribution in [3.05, 3.63) is 71.3 Å². The highest BCUT2D eigenvalue weighted by atomic mass is 32.2. The van der Waals surface area contributed by atoms with E-state index >= 15 is 0 Å². The summed E-state index contributed by atoms with van der Waals surface area (Å²) in [5, 5.41) is 0.888. The van der Waals surface area contributed by atoms with E-state index in [0.717, 1.165) is 53.4 Å². The molecule has 2 aromatic carbocycles. The van der Waals surface area contributed by atoms with Crippen LogP contribution in [0, 0.1) is 0 Å². The average Bonchev–Trinajstić information content (AvgIpc) is 3.25. The molecule has 1 aromatic heterocycles. The maximum atomic E-state index is 12.6. The Kier molecular flexibility index (Phi) is 6.23. The van der Waals surface area contributed by atoms with E-state index in [-0.39, 0.29) is 11.1 Å². The Morgan fingerprint density at radius 3 is 2.57 bits per heavy atom. The van der Waals surface area contributed by atoms with E-state index in [1.165, 1.54) is 4.90 Å². The van der Waals surface area contributed by atoms with Gasteiger partial charge in [-0.25, -0.2) is 0 Å². The standard InChI is InChI=1S/C24H24N2O3S/c1-2-13-26-23(27)22(30-24(26)28)16-18-17-25(21-12-7-6-11-20(18)21)14-8-15-29-19-9-4-3-5-10-19/h3-7,9-12,16-17H,2,8,13-15H2,1H3/b22-16-. The summed E-state index contributed by atoms with van der Waals surface area (Å²) in [5.74, 6) is 0.679. The number of nitrogens with zero attached hydrogens (tertiary/aromatic N) is 2. The van der Waals surface area contributed by atoms with Crippen LogP contribution in [0.4, 0.5) is 4.79 Å². The summed E-state index contributed by atoms with van der Waals surface area (Å²) in [7, 11) is 0. The summed E-state index contributed by atoms with van der Waals surface area (Å²) in [6.45, 7) is 3.85. The van der Waals surface area contributed by atoms with E-state index in [2.05, 4.69) is 22.9 Å². The largest absolute Gasteiger partial charge is 0.494 e. The third-order valence-electron chi connectivity index (χ3n) is 4.98. The first-order valence-corrected chi connectivity index (χ1v) is 11.0. The minimum absolute atomic E-state index is 0.185. The summed E-state index contributed by atoms with van der Waals surface area (Å²) in [6.07, 6.45) is 5.52. The van der Waals surface area contributed by atoms with Crippen LogP contribution in [0.1, 0.15) is 25.3 Å². The van der Waals surface area contributed by atoms with Crippen LogP contribution in [0.2, 0.25) is 0 Å². The highest BCUT2D eigenvalue weighted by Crippen LogP contribution is 2.34. The van der Waals surface area contributed by atoms with Gasteiger partial charge in [0.2, 0.25) is 0 Å². The Hall–Kier alpha value is -2.99. The fraction of sp³-hybridized carbons (Fsp3) is 0.250. The van der Waals surface area contributed by atoms with Gasteiger partial charge in [0.15, 0.2) is 0 Å². The summed E-state index contributed by atoms with van der Waals surface area (Å²) in [4.78, 5) is 26.6. The number of fused-ring (bicyclic) bond motifs is 1. The Bertz CT molecular complexity index is 1090. The van der Waals surface area contributed by atoms with Gasteiger partial charge in [0.25, 0.3) is 11.1 Å². The van der Waals surface area contributed by atoms with Crippen molar-refractivity contribution in [2.45, 2.75) is 26.3 Å². The molecule has 154 valence electrons. The van der Waals surface area contributed by atoms with E-state index in [4.69, 9.17) is 4.74 Å². The predicted molar refractivity (Wildman–Crippen MR) is 121 cm³/mol. The summed E-state index contributed by atoms with van der Waals surface area (Å²) >= 11 is 1.02. The first kappa shape index (κ1) is 20.3. The molecule has 0 radical (unpaired) electrons. The van der Waals surface area contributed by atoms with Crippen LogP contribution >= 0.6 is 11.8 Å². The molecule has 1 saturated heterocycles. The van der Waals surface area contributed by atoms with E-state index in [1.807, 2.05) is 55.5 Å². The second-order valence-corrected chi connectivity index (χ2v) is 8.14. The molecular weight excluding hydrogens is 396 g/mol. The van der Waals surface area contributed by atoms with Crippen LogP contribution in [0.5, 0.6) is 5.75 Å². The number of amides is 2. The van der Waals surface area contributed by atoms with E-state index in [0.29, 0.717) is 18.1 Å². The minimum Gasteiger partial charge on any atom is -0.494 e. The molecule has 0 N–H and O–H groups in total. The van der Waals surface area contributed by atoms with Crippen molar-refractivity contribution >= 4 is 39.9 Å². The van der Waals surface area contributed by atoms with Crippen molar-refractivity contribution < 1.29 is 14.3 Å². The molecule has 2 amide bonds. The van der Waals surface area contributed by atoms with Crippen LogP contribution in [0.15, 0.2) is 65.7 Å². The summed E-state index contributed by atoms with van der Waals surface area (Å²) in [6, 6.07) is 17.9. The van der Waals surface area contributed by atoms with Crippen molar-refractivity contribution in [2.24, 2.45) is 0 Å². The molecular formula is C24H24N2O3S. The zero-order valence-corrected chi connectivity index (χ0v) is 17.7. The molecule has 0 atom stereocenters. The van der Waals surface area contributed by atoms with E-state index in [9.17, 15) is 9.59 Å². The number of carbonyl (C=O) groups excluding carboxylic acids is 2. The maximum Gasteiger partial charge on any atom is 0.293 e. The number of ether oxygens (including phenoxy) is 1. The van der Waals surface area contributed by atoms with Crippen LogP contribution in [-0.2, 0) is 11.3 Å². The molecule has 1 aliphatic rings. The quantitative estimate of drug-likeness (QED) is 0.354. The lowest BCUT2D eigenvalue weighted by Crippen LogP contribution is -2.28. The van der Waals surface area contributed by atoms with E-state index < -0.39 is 0 Å². The number of carbonyl (C=O) groups is 2. The summed E-state index contributed by atoms with van der Waals surface area (Å²) < 4.78 is 7.98. The number of hydrogen-bond acceptors (Lipinski definition) is 4. The smallest absolute Gasteiger partial charge is 0.293 e. The second kappa shape index (κ2) is 9.22. The average molecular weight is 421 g/mol. The Morgan fingerprint density at radius 2 is 1.77 bits per heavy atom. The van der Waals surface area contributed by atoms with Gasteiger partial charge >= 0.3 is 0 Å². The zero-order valence-electron chi connectivity index (χ0n) is 16.9. The van der Waals surface area contributed by atoms with Crippen molar-refractivity contribution in [3.8, 4) is 5.75 Å². The third-order valence-corrected chi connectivity index (χ3v) is 5.89. The van der Waals surface area contributed by atoms with Gasteiger partial charge in [0.05, 0.1) is 11.5 Å². The molecule has 0 saturated carbocycles. The summed E-state index contributed by atoms with van der Waals surface area (Å²) in [5.41, 5.74) is 2.06. The molecule has 1 fully saturated rings. The molecule has 30 heavy (non-hydrogen) atoms. The Balaban J connectivity index is 1.51. The Morgan fingerprint density at radius 1 is 1.00 bits per heavy atom. The third kappa shape index (κ3) is 4.28. The zero-order chi connectivity index (χ0) is 20.9. The number of imide groups is 1. The lowest BCUT2D eigenvalue weighted by Gasteiger charge is -2.09. The predicted octanol–water partition coefficient (Wildman–Crippen LogP) is 5.56. The number of aromatic nitrogens is 1. The second-order valence-electron chi connectivity index (χ2n) is 7.14. The molecule has 3 aromatic rings. The number of benzene rings is 2. The number of aryl methyl sites for hydroxylation is 1. The first-order valence-electron chi connectivity index (χ1n) is 10.2. The normalized spacial score (nSPS) is 15.5. The van der Waals surface area contributed by atoms with Gasteiger partial charge < -0.3 is 9.30 Å². The van der Waals surface area contributed by atoms with Crippen molar-refractivity contribution in [2.75, 3.05) is 13.2 Å². The van der Waals surface area contributed by atoms with Gasteiger partial charge in [-0.05, 0) is 48.9 Å². The fourth-order valence-electron chi connectivity index (χ4n) is 3.57. The molecule has 0 aliphatic carbocycles. The van der Waals surface area contributed by atoms with Crippen molar-refractivity contribution in [1.29, 1.82) is 0 Å². The topological polar surface area (TPSA) is 51.5 Å².